The number of nitrogens with one attached hydrogen (secondary N) is 1. The minimum absolute atomic E-state index is 0.0501. The van der Waals surface area contributed by atoms with E-state index in [9.17, 15) is 4.79 Å². The SMILES string of the molecule is O=C(Nc1cc(Cl)ccc1N1CCCCC1)[C@H]1CCCN(c2cnccn2)C1. The van der Waals surface area contributed by atoms with Crippen molar-refractivity contribution in [3.8, 4) is 0 Å². The van der Waals surface area contributed by atoms with E-state index in [2.05, 4.69) is 25.1 Å². The summed E-state index contributed by atoms with van der Waals surface area (Å²) in [5.41, 5.74) is 1.88. The Morgan fingerprint density at radius 1 is 1.07 bits per heavy atom. The van der Waals surface area contributed by atoms with Gasteiger partial charge in [-0.25, -0.2) is 4.98 Å². The third kappa shape index (κ3) is 4.38. The summed E-state index contributed by atoms with van der Waals surface area (Å²) in [7, 11) is 0. The molecule has 1 aromatic heterocycles. The Morgan fingerprint density at radius 3 is 2.68 bits per heavy atom. The highest BCUT2D eigenvalue weighted by Gasteiger charge is 2.27. The third-order valence-electron chi connectivity index (χ3n) is 5.58. The van der Waals surface area contributed by atoms with Crippen LogP contribution < -0.4 is 15.1 Å². The van der Waals surface area contributed by atoms with E-state index in [1.807, 2.05) is 18.2 Å². The van der Waals surface area contributed by atoms with E-state index in [0.717, 1.165) is 49.7 Å². The maximum atomic E-state index is 13.1. The smallest absolute Gasteiger partial charge is 0.229 e. The zero-order valence-corrected chi connectivity index (χ0v) is 16.7. The van der Waals surface area contributed by atoms with E-state index in [-0.39, 0.29) is 11.8 Å². The van der Waals surface area contributed by atoms with Gasteiger partial charge in [-0.15, -0.1) is 0 Å². The fourth-order valence-corrected chi connectivity index (χ4v) is 4.28. The lowest BCUT2D eigenvalue weighted by molar-refractivity contribution is -0.120. The lowest BCUT2D eigenvalue weighted by atomic mass is 9.97. The zero-order chi connectivity index (χ0) is 19.3. The second-order valence-corrected chi connectivity index (χ2v) is 7.98. The normalized spacial score (nSPS) is 20.1. The van der Waals surface area contributed by atoms with E-state index in [0.29, 0.717) is 11.6 Å². The summed E-state index contributed by atoms with van der Waals surface area (Å²) < 4.78 is 0. The number of carbonyl (C=O) groups is 1. The van der Waals surface area contributed by atoms with E-state index < -0.39 is 0 Å². The quantitative estimate of drug-likeness (QED) is 0.842. The lowest BCUT2D eigenvalue weighted by Gasteiger charge is -2.33. The third-order valence-corrected chi connectivity index (χ3v) is 5.81. The van der Waals surface area contributed by atoms with E-state index in [4.69, 9.17) is 11.6 Å². The average molecular weight is 400 g/mol. The Balaban J connectivity index is 1.48. The van der Waals surface area contributed by atoms with Crippen LogP contribution in [0.3, 0.4) is 0 Å². The van der Waals surface area contributed by atoms with Crippen molar-refractivity contribution in [2.75, 3.05) is 41.3 Å². The monoisotopic (exact) mass is 399 g/mol. The van der Waals surface area contributed by atoms with Crippen LogP contribution in [0.4, 0.5) is 17.2 Å². The van der Waals surface area contributed by atoms with Crippen LogP contribution in [0.5, 0.6) is 0 Å². The summed E-state index contributed by atoms with van der Waals surface area (Å²) in [4.78, 5) is 26.1. The number of nitrogens with zero attached hydrogens (tertiary/aromatic N) is 4. The minimum atomic E-state index is -0.0797. The van der Waals surface area contributed by atoms with Crippen molar-refractivity contribution < 1.29 is 4.79 Å². The van der Waals surface area contributed by atoms with Crippen LogP contribution in [0, 0.1) is 5.92 Å². The molecule has 0 radical (unpaired) electrons. The maximum absolute atomic E-state index is 13.1. The van der Waals surface area contributed by atoms with Crippen molar-refractivity contribution >= 4 is 34.7 Å². The first-order valence-corrected chi connectivity index (χ1v) is 10.4. The summed E-state index contributed by atoms with van der Waals surface area (Å²) in [5.74, 6) is 0.801. The first-order chi connectivity index (χ1) is 13.7. The molecular formula is C21H26ClN5O. The highest BCUT2D eigenvalue weighted by Crippen LogP contribution is 2.32. The van der Waals surface area contributed by atoms with Gasteiger partial charge in [-0.05, 0) is 50.3 Å². The maximum Gasteiger partial charge on any atom is 0.229 e. The summed E-state index contributed by atoms with van der Waals surface area (Å²) >= 11 is 6.23. The highest BCUT2D eigenvalue weighted by molar-refractivity contribution is 6.31. The van der Waals surface area contributed by atoms with Crippen molar-refractivity contribution in [3.63, 3.8) is 0 Å². The van der Waals surface area contributed by atoms with Crippen LogP contribution in [0.2, 0.25) is 5.02 Å². The molecule has 6 nitrogen and oxygen atoms in total. The first kappa shape index (κ1) is 19.0. The van der Waals surface area contributed by atoms with Crippen molar-refractivity contribution in [2.45, 2.75) is 32.1 Å². The number of hydrogen-bond donors (Lipinski definition) is 1. The van der Waals surface area contributed by atoms with Crippen molar-refractivity contribution in [2.24, 2.45) is 5.92 Å². The summed E-state index contributed by atoms with van der Waals surface area (Å²) in [6.45, 7) is 3.60. The number of aromatic nitrogens is 2. The van der Waals surface area contributed by atoms with Gasteiger partial charge in [0.2, 0.25) is 5.91 Å². The molecule has 2 saturated heterocycles. The van der Waals surface area contributed by atoms with Crippen molar-refractivity contribution in [1.82, 2.24) is 9.97 Å². The van der Waals surface area contributed by atoms with E-state index >= 15 is 0 Å². The molecule has 1 N–H and O–H groups in total. The summed E-state index contributed by atoms with van der Waals surface area (Å²) in [5, 5.41) is 3.80. The molecule has 0 saturated carbocycles. The number of halogens is 1. The largest absolute Gasteiger partial charge is 0.370 e. The summed E-state index contributed by atoms with van der Waals surface area (Å²) in [6.07, 6.45) is 10.6. The second kappa shape index (κ2) is 8.78. The van der Waals surface area contributed by atoms with Gasteiger partial charge in [0.1, 0.15) is 5.82 Å². The molecular weight excluding hydrogens is 374 g/mol. The van der Waals surface area contributed by atoms with Crippen LogP contribution in [0.15, 0.2) is 36.8 Å². The van der Waals surface area contributed by atoms with Gasteiger partial charge >= 0.3 is 0 Å². The molecule has 2 aromatic rings. The second-order valence-electron chi connectivity index (χ2n) is 7.55. The molecule has 1 amide bonds. The molecule has 7 heteroatoms. The van der Waals surface area contributed by atoms with Crippen LogP contribution in [-0.2, 0) is 4.79 Å². The van der Waals surface area contributed by atoms with Crippen molar-refractivity contribution in [1.29, 1.82) is 0 Å². The molecule has 3 heterocycles. The molecule has 4 rings (SSSR count). The molecule has 28 heavy (non-hydrogen) atoms. The molecule has 148 valence electrons. The zero-order valence-electron chi connectivity index (χ0n) is 16.0. The number of piperidine rings is 2. The van der Waals surface area contributed by atoms with E-state index in [1.54, 1.807) is 18.6 Å². The highest BCUT2D eigenvalue weighted by atomic mass is 35.5. The van der Waals surface area contributed by atoms with Gasteiger partial charge in [-0.1, -0.05) is 11.6 Å². The van der Waals surface area contributed by atoms with Crippen LogP contribution >= 0.6 is 11.6 Å². The van der Waals surface area contributed by atoms with E-state index in [1.165, 1.54) is 19.3 Å². The van der Waals surface area contributed by atoms with Crippen LogP contribution in [-0.4, -0.2) is 42.1 Å². The molecule has 1 atom stereocenters. The number of carbonyl (C=O) groups excluding carboxylic acids is 1. The molecule has 0 bridgehead atoms. The molecule has 0 unspecified atom stereocenters. The lowest BCUT2D eigenvalue weighted by Crippen LogP contribution is -2.41. The Labute approximate surface area is 170 Å². The van der Waals surface area contributed by atoms with Gasteiger partial charge in [-0.3, -0.25) is 9.78 Å². The predicted octanol–water partition coefficient (Wildman–Crippen LogP) is 3.98. The molecule has 1 aromatic carbocycles. The number of anilines is 3. The van der Waals surface area contributed by atoms with Gasteiger partial charge in [0.15, 0.2) is 0 Å². The van der Waals surface area contributed by atoms with Crippen LogP contribution in [0.25, 0.3) is 0 Å². The van der Waals surface area contributed by atoms with Gasteiger partial charge < -0.3 is 15.1 Å². The Hall–Kier alpha value is -2.34. The predicted molar refractivity (Wildman–Crippen MR) is 113 cm³/mol. The number of hydrogen-bond acceptors (Lipinski definition) is 5. The molecule has 2 aliphatic heterocycles. The van der Waals surface area contributed by atoms with Crippen LogP contribution in [0.1, 0.15) is 32.1 Å². The fourth-order valence-electron chi connectivity index (χ4n) is 4.11. The Bertz CT molecular complexity index is 810. The fraction of sp³-hybridized carbons (Fsp3) is 0.476. The summed E-state index contributed by atoms with van der Waals surface area (Å²) in [6, 6.07) is 5.79. The first-order valence-electron chi connectivity index (χ1n) is 10.1. The number of rotatable bonds is 4. The van der Waals surface area contributed by atoms with Gasteiger partial charge in [0, 0.05) is 43.6 Å². The number of amides is 1. The molecule has 2 fully saturated rings. The molecule has 0 aliphatic carbocycles. The van der Waals surface area contributed by atoms with Crippen molar-refractivity contribution in [3.05, 3.63) is 41.8 Å². The average Bonchev–Trinajstić information content (AvgIpc) is 2.75. The standard InChI is InChI=1S/C21H26ClN5O/c22-17-6-7-19(26-10-2-1-3-11-26)18(13-17)25-21(28)16-5-4-12-27(15-16)20-14-23-8-9-24-20/h6-9,13-14,16H,1-5,10-12,15H2,(H,25,28)/t16-/m0/s1. The Morgan fingerprint density at radius 2 is 1.89 bits per heavy atom. The van der Waals surface area contributed by atoms with Gasteiger partial charge in [0.25, 0.3) is 0 Å². The topological polar surface area (TPSA) is 61.4 Å². The minimum Gasteiger partial charge on any atom is -0.370 e. The number of benzene rings is 1. The van der Waals surface area contributed by atoms with Gasteiger partial charge in [-0.2, -0.15) is 0 Å². The van der Waals surface area contributed by atoms with Gasteiger partial charge in [0.05, 0.1) is 23.5 Å². The molecule has 2 aliphatic rings. The Kier molecular flexibility index (Phi) is 5.95. The molecule has 0 spiro atoms.